The summed E-state index contributed by atoms with van der Waals surface area (Å²) < 4.78 is 0. The van der Waals surface area contributed by atoms with Crippen molar-refractivity contribution in [3.05, 3.63) is 11.6 Å². The maximum atomic E-state index is 5.50. The molecule has 0 aliphatic carbocycles. The molecule has 2 N–H and O–H groups in total. The summed E-state index contributed by atoms with van der Waals surface area (Å²) in [6, 6.07) is 0.743. The standard InChI is InChI=1S/C12H24N2/c1-10-4-5-12(3)14(8-10)9-11(2)6-7-13/h6,10,12H,4-5,7-9,13H2,1-3H3/b11-6+. The summed E-state index contributed by atoms with van der Waals surface area (Å²) >= 11 is 0. The van der Waals surface area contributed by atoms with Crippen molar-refractivity contribution in [3.63, 3.8) is 0 Å². The molecule has 0 aromatic rings. The Morgan fingerprint density at radius 1 is 1.43 bits per heavy atom. The SMILES string of the molecule is C/C(=C\CN)CN1CC(C)CCC1C. The van der Waals surface area contributed by atoms with Gasteiger partial charge >= 0.3 is 0 Å². The lowest BCUT2D eigenvalue weighted by Gasteiger charge is -2.37. The molecule has 0 spiro atoms. The molecule has 0 radical (unpaired) electrons. The van der Waals surface area contributed by atoms with Crippen LogP contribution in [0, 0.1) is 5.92 Å². The fourth-order valence-electron chi connectivity index (χ4n) is 2.19. The van der Waals surface area contributed by atoms with Gasteiger partial charge in [0.05, 0.1) is 0 Å². The topological polar surface area (TPSA) is 29.3 Å². The number of rotatable bonds is 3. The van der Waals surface area contributed by atoms with Crippen molar-refractivity contribution in [2.75, 3.05) is 19.6 Å². The molecule has 0 saturated carbocycles. The number of hydrogen-bond donors (Lipinski definition) is 1. The van der Waals surface area contributed by atoms with E-state index in [0.29, 0.717) is 6.54 Å². The molecule has 0 amide bonds. The van der Waals surface area contributed by atoms with Crippen LogP contribution >= 0.6 is 0 Å². The highest BCUT2D eigenvalue weighted by molar-refractivity contribution is 5.02. The maximum Gasteiger partial charge on any atom is 0.0193 e. The lowest BCUT2D eigenvalue weighted by molar-refractivity contribution is 0.136. The molecule has 1 rings (SSSR count). The van der Waals surface area contributed by atoms with Gasteiger partial charge in [-0.1, -0.05) is 18.6 Å². The van der Waals surface area contributed by atoms with Gasteiger partial charge in [0.1, 0.15) is 0 Å². The molecule has 2 unspecified atom stereocenters. The van der Waals surface area contributed by atoms with E-state index in [-0.39, 0.29) is 0 Å². The van der Waals surface area contributed by atoms with Crippen molar-refractivity contribution in [2.24, 2.45) is 11.7 Å². The third-order valence-electron chi connectivity index (χ3n) is 3.17. The van der Waals surface area contributed by atoms with Gasteiger partial charge in [-0.05, 0) is 32.6 Å². The monoisotopic (exact) mass is 196 g/mol. The molecule has 2 nitrogen and oxygen atoms in total. The van der Waals surface area contributed by atoms with Crippen molar-refractivity contribution >= 4 is 0 Å². The van der Waals surface area contributed by atoms with E-state index in [1.165, 1.54) is 25.0 Å². The summed E-state index contributed by atoms with van der Waals surface area (Å²) in [6.45, 7) is 9.88. The minimum Gasteiger partial charge on any atom is -0.327 e. The molecule has 1 saturated heterocycles. The van der Waals surface area contributed by atoms with Crippen molar-refractivity contribution in [1.82, 2.24) is 4.90 Å². The zero-order chi connectivity index (χ0) is 10.6. The van der Waals surface area contributed by atoms with Crippen molar-refractivity contribution in [2.45, 2.75) is 39.7 Å². The van der Waals surface area contributed by atoms with Crippen molar-refractivity contribution < 1.29 is 0 Å². The van der Waals surface area contributed by atoms with Gasteiger partial charge in [-0.15, -0.1) is 0 Å². The molecule has 14 heavy (non-hydrogen) atoms. The Kier molecular flexibility index (Phi) is 4.63. The van der Waals surface area contributed by atoms with Gasteiger partial charge in [-0.3, -0.25) is 4.90 Å². The highest BCUT2D eigenvalue weighted by Gasteiger charge is 2.22. The first-order chi connectivity index (χ1) is 6.63. The van der Waals surface area contributed by atoms with E-state index in [1.807, 2.05) is 0 Å². The molecule has 2 atom stereocenters. The van der Waals surface area contributed by atoms with Gasteiger partial charge in [0.15, 0.2) is 0 Å². The zero-order valence-corrected chi connectivity index (χ0v) is 9.79. The molecule has 2 heteroatoms. The van der Waals surface area contributed by atoms with Crippen LogP contribution in [-0.4, -0.2) is 30.6 Å². The Balaban J connectivity index is 2.45. The second-order valence-corrected chi connectivity index (χ2v) is 4.75. The predicted octanol–water partition coefficient (Wildman–Crippen LogP) is 2.01. The minimum atomic E-state index is 0.670. The Hall–Kier alpha value is -0.340. The summed E-state index contributed by atoms with van der Waals surface area (Å²) in [4.78, 5) is 2.58. The molecule has 0 aromatic heterocycles. The largest absolute Gasteiger partial charge is 0.327 e. The van der Waals surface area contributed by atoms with Crippen LogP contribution in [0.2, 0.25) is 0 Å². The van der Waals surface area contributed by atoms with Gasteiger partial charge in [0, 0.05) is 25.7 Å². The second kappa shape index (κ2) is 5.52. The maximum absolute atomic E-state index is 5.50. The van der Waals surface area contributed by atoms with Gasteiger partial charge in [-0.2, -0.15) is 0 Å². The van der Waals surface area contributed by atoms with Gasteiger partial charge in [0.25, 0.3) is 0 Å². The molecule has 0 aromatic carbocycles. The molecule has 1 heterocycles. The number of hydrogen-bond acceptors (Lipinski definition) is 2. The molecule has 1 aliphatic rings. The first kappa shape index (κ1) is 11.7. The van der Waals surface area contributed by atoms with Crippen LogP contribution in [0.4, 0.5) is 0 Å². The van der Waals surface area contributed by atoms with Gasteiger partial charge in [-0.25, -0.2) is 0 Å². The lowest BCUT2D eigenvalue weighted by atomic mass is 9.94. The van der Waals surface area contributed by atoms with Crippen LogP contribution in [0.3, 0.4) is 0 Å². The Morgan fingerprint density at radius 2 is 2.14 bits per heavy atom. The quantitative estimate of drug-likeness (QED) is 0.700. The molecule has 0 bridgehead atoms. The highest BCUT2D eigenvalue weighted by atomic mass is 15.2. The fraction of sp³-hybridized carbons (Fsp3) is 0.833. The van der Waals surface area contributed by atoms with E-state index in [9.17, 15) is 0 Å². The Bertz CT molecular complexity index is 198. The third-order valence-corrected chi connectivity index (χ3v) is 3.17. The van der Waals surface area contributed by atoms with Crippen molar-refractivity contribution in [3.8, 4) is 0 Å². The predicted molar refractivity (Wildman–Crippen MR) is 62.2 cm³/mol. The first-order valence-electron chi connectivity index (χ1n) is 5.73. The van der Waals surface area contributed by atoms with Gasteiger partial charge in [0.2, 0.25) is 0 Å². The summed E-state index contributed by atoms with van der Waals surface area (Å²) in [5.74, 6) is 0.858. The average Bonchev–Trinajstić information content (AvgIpc) is 2.12. The Labute approximate surface area is 88.2 Å². The van der Waals surface area contributed by atoms with Crippen LogP contribution in [-0.2, 0) is 0 Å². The van der Waals surface area contributed by atoms with Crippen LogP contribution in [0.15, 0.2) is 11.6 Å². The molecule has 1 fully saturated rings. The number of nitrogens with zero attached hydrogens (tertiary/aromatic N) is 1. The normalized spacial score (nSPS) is 30.7. The van der Waals surface area contributed by atoms with Crippen LogP contribution in [0.1, 0.15) is 33.6 Å². The number of piperidine rings is 1. The highest BCUT2D eigenvalue weighted by Crippen LogP contribution is 2.21. The summed E-state index contributed by atoms with van der Waals surface area (Å²) in [5.41, 5.74) is 6.91. The average molecular weight is 196 g/mol. The van der Waals surface area contributed by atoms with Crippen LogP contribution in [0.25, 0.3) is 0 Å². The summed E-state index contributed by atoms with van der Waals surface area (Å²) in [6.07, 6.45) is 4.86. The molecular formula is C12H24N2. The first-order valence-corrected chi connectivity index (χ1v) is 5.73. The smallest absolute Gasteiger partial charge is 0.0193 e. The fourth-order valence-corrected chi connectivity index (χ4v) is 2.19. The summed E-state index contributed by atoms with van der Waals surface area (Å²) in [5, 5.41) is 0. The second-order valence-electron chi connectivity index (χ2n) is 4.75. The Morgan fingerprint density at radius 3 is 2.79 bits per heavy atom. The number of likely N-dealkylation sites (tertiary alicyclic amines) is 1. The minimum absolute atomic E-state index is 0.670. The van der Waals surface area contributed by atoms with E-state index in [4.69, 9.17) is 5.73 Å². The van der Waals surface area contributed by atoms with Gasteiger partial charge < -0.3 is 5.73 Å². The molecule has 82 valence electrons. The number of nitrogens with two attached hydrogens (primary N) is 1. The van der Waals surface area contributed by atoms with E-state index in [2.05, 4.69) is 31.7 Å². The lowest BCUT2D eigenvalue weighted by Crippen LogP contribution is -2.41. The molecule has 1 aliphatic heterocycles. The van der Waals surface area contributed by atoms with Crippen molar-refractivity contribution in [1.29, 1.82) is 0 Å². The molecular weight excluding hydrogens is 172 g/mol. The summed E-state index contributed by atoms with van der Waals surface area (Å²) in [7, 11) is 0. The third kappa shape index (κ3) is 3.43. The van der Waals surface area contributed by atoms with E-state index < -0.39 is 0 Å². The van der Waals surface area contributed by atoms with E-state index in [1.54, 1.807) is 0 Å². The van der Waals surface area contributed by atoms with E-state index in [0.717, 1.165) is 18.5 Å². The zero-order valence-electron chi connectivity index (χ0n) is 9.79. The van der Waals surface area contributed by atoms with Crippen LogP contribution in [0.5, 0.6) is 0 Å². The van der Waals surface area contributed by atoms with E-state index >= 15 is 0 Å². The van der Waals surface area contributed by atoms with Crippen LogP contribution < -0.4 is 5.73 Å².